The SMILES string of the molecule is C=C/C=C\C(=C)C(C)(C)Sc1ccc(C)cc1. The van der Waals surface area contributed by atoms with Crippen LogP contribution in [0.2, 0.25) is 0 Å². The van der Waals surface area contributed by atoms with Crippen LogP contribution in [-0.4, -0.2) is 4.75 Å². The highest BCUT2D eigenvalue weighted by Crippen LogP contribution is 2.37. The van der Waals surface area contributed by atoms with Gasteiger partial charge in [0.1, 0.15) is 0 Å². The molecule has 0 aromatic heterocycles. The van der Waals surface area contributed by atoms with Crippen LogP contribution < -0.4 is 0 Å². The van der Waals surface area contributed by atoms with Crippen LogP contribution in [0.3, 0.4) is 0 Å². The molecule has 0 spiro atoms. The average molecular weight is 244 g/mol. The summed E-state index contributed by atoms with van der Waals surface area (Å²) in [6, 6.07) is 8.60. The Morgan fingerprint density at radius 2 is 1.82 bits per heavy atom. The summed E-state index contributed by atoms with van der Waals surface area (Å²) in [5.74, 6) is 0. The van der Waals surface area contributed by atoms with Crippen LogP contribution >= 0.6 is 11.8 Å². The van der Waals surface area contributed by atoms with E-state index in [1.165, 1.54) is 10.5 Å². The van der Waals surface area contributed by atoms with E-state index in [0.29, 0.717) is 0 Å². The minimum Gasteiger partial charge on any atom is -0.115 e. The molecule has 0 aliphatic carbocycles. The Balaban J connectivity index is 2.78. The molecule has 0 heterocycles. The number of allylic oxidation sites excluding steroid dienone is 3. The molecular formula is C16H20S. The molecule has 0 saturated heterocycles. The van der Waals surface area contributed by atoms with Crippen molar-refractivity contribution in [3.63, 3.8) is 0 Å². The zero-order valence-corrected chi connectivity index (χ0v) is 11.7. The van der Waals surface area contributed by atoms with Gasteiger partial charge in [0.15, 0.2) is 0 Å². The molecule has 0 atom stereocenters. The number of hydrogen-bond donors (Lipinski definition) is 0. The second-order valence-corrected chi connectivity index (χ2v) is 6.24. The largest absolute Gasteiger partial charge is 0.115 e. The van der Waals surface area contributed by atoms with Crippen molar-refractivity contribution in [3.05, 3.63) is 66.8 Å². The Morgan fingerprint density at radius 1 is 1.24 bits per heavy atom. The van der Waals surface area contributed by atoms with E-state index in [0.717, 1.165) is 5.57 Å². The van der Waals surface area contributed by atoms with Crippen molar-refractivity contribution < 1.29 is 0 Å². The summed E-state index contributed by atoms with van der Waals surface area (Å²) in [6.07, 6.45) is 5.73. The average Bonchev–Trinajstić information content (AvgIpc) is 2.28. The first kappa shape index (κ1) is 13.9. The fourth-order valence-corrected chi connectivity index (χ4v) is 2.41. The summed E-state index contributed by atoms with van der Waals surface area (Å²) in [5, 5.41) is 0. The number of hydrogen-bond acceptors (Lipinski definition) is 1. The maximum atomic E-state index is 4.12. The van der Waals surface area contributed by atoms with E-state index in [2.05, 4.69) is 58.2 Å². The van der Waals surface area contributed by atoms with E-state index in [4.69, 9.17) is 0 Å². The van der Waals surface area contributed by atoms with Crippen molar-refractivity contribution >= 4 is 11.8 Å². The third-order valence-corrected chi connectivity index (χ3v) is 3.88. The zero-order valence-electron chi connectivity index (χ0n) is 10.9. The van der Waals surface area contributed by atoms with Gasteiger partial charge in [-0.05, 0) is 38.5 Å². The van der Waals surface area contributed by atoms with E-state index in [1.54, 1.807) is 6.08 Å². The first-order chi connectivity index (χ1) is 7.95. The molecule has 0 bridgehead atoms. The van der Waals surface area contributed by atoms with Crippen molar-refractivity contribution in [2.24, 2.45) is 0 Å². The smallest absolute Gasteiger partial charge is 0.0393 e. The third kappa shape index (κ3) is 4.27. The first-order valence-corrected chi connectivity index (χ1v) is 6.51. The maximum Gasteiger partial charge on any atom is 0.0393 e. The van der Waals surface area contributed by atoms with E-state index >= 15 is 0 Å². The topological polar surface area (TPSA) is 0 Å². The Hall–Kier alpha value is -1.21. The molecule has 0 saturated carbocycles. The molecule has 1 aromatic rings. The van der Waals surface area contributed by atoms with Crippen LogP contribution in [-0.2, 0) is 0 Å². The molecule has 0 aliphatic heterocycles. The highest BCUT2D eigenvalue weighted by atomic mass is 32.2. The number of thioether (sulfide) groups is 1. The Bertz CT molecular complexity index is 421. The molecule has 90 valence electrons. The fourth-order valence-electron chi connectivity index (χ4n) is 1.35. The van der Waals surface area contributed by atoms with Gasteiger partial charge in [-0.3, -0.25) is 0 Å². The lowest BCUT2D eigenvalue weighted by Crippen LogP contribution is -2.15. The molecule has 0 nitrogen and oxygen atoms in total. The van der Waals surface area contributed by atoms with Gasteiger partial charge in [-0.25, -0.2) is 0 Å². The minimum absolute atomic E-state index is 0.00519. The van der Waals surface area contributed by atoms with Gasteiger partial charge in [-0.15, -0.1) is 11.8 Å². The highest BCUT2D eigenvalue weighted by Gasteiger charge is 2.21. The molecule has 1 aromatic carbocycles. The highest BCUT2D eigenvalue weighted by molar-refractivity contribution is 8.00. The Kier molecular flexibility index (Phi) is 4.83. The summed E-state index contributed by atoms with van der Waals surface area (Å²) in [6.45, 7) is 14.3. The van der Waals surface area contributed by atoms with Crippen molar-refractivity contribution in [2.75, 3.05) is 0 Å². The van der Waals surface area contributed by atoms with Gasteiger partial charge < -0.3 is 0 Å². The van der Waals surface area contributed by atoms with Crippen LogP contribution in [0.5, 0.6) is 0 Å². The van der Waals surface area contributed by atoms with Crippen LogP contribution in [0.4, 0.5) is 0 Å². The minimum atomic E-state index is -0.00519. The van der Waals surface area contributed by atoms with Crippen molar-refractivity contribution in [3.8, 4) is 0 Å². The van der Waals surface area contributed by atoms with E-state index in [9.17, 15) is 0 Å². The van der Waals surface area contributed by atoms with Gasteiger partial charge in [0, 0.05) is 9.64 Å². The lowest BCUT2D eigenvalue weighted by Gasteiger charge is -2.25. The van der Waals surface area contributed by atoms with E-state index in [-0.39, 0.29) is 4.75 Å². The van der Waals surface area contributed by atoms with Gasteiger partial charge in [-0.1, -0.05) is 49.1 Å². The predicted octanol–water partition coefficient (Wildman–Crippen LogP) is 5.16. The third-order valence-electron chi connectivity index (χ3n) is 2.60. The summed E-state index contributed by atoms with van der Waals surface area (Å²) in [7, 11) is 0. The lowest BCUT2D eigenvalue weighted by atomic mass is 10.0. The van der Waals surface area contributed by atoms with Gasteiger partial charge in [0.2, 0.25) is 0 Å². The van der Waals surface area contributed by atoms with Crippen LogP contribution in [0.25, 0.3) is 0 Å². The second kappa shape index (κ2) is 5.92. The lowest BCUT2D eigenvalue weighted by molar-refractivity contribution is 0.860. The first-order valence-electron chi connectivity index (χ1n) is 5.70. The predicted molar refractivity (Wildman–Crippen MR) is 79.6 cm³/mol. The molecule has 1 rings (SSSR count). The Morgan fingerprint density at radius 3 is 2.35 bits per heavy atom. The van der Waals surface area contributed by atoms with E-state index in [1.807, 2.05) is 23.9 Å². The van der Waals surface area contributed by atoms with Gasteiger partial charge in [0.05, 0.1) is 0 Å². The van der Waals surface area contributed by atoms with Gasteiger partial charge >= 0.3 is 0 Å². The summed E-state index contributed by atoms with van der Waals surface area (Å²) >= 11 is 1.83. The van der Waals surface area contributed by atoms with Crippen molar-refractivity contribution in [1.29, 1.82) is 0 Å². The molecule has 0 N–H and O–H groups in total. The number of aryl methyl sites for hydroxylation is 1. The summed E-state index contributed by atoms with van der Waals surface area (Å²) in [4.78, 5) is 1.27. The maximum absolute atomic E-state index is 4.12. The molecule has 0 aliphatic rings. The van der Waals surface area contributed by atoms with Crippen LogP contribution in [0.1, 0.15) is 19.4 Å². The summed E-state index contributed by atoms with van der Waals surface area (Å²) < 4.78 is -0.00519. The molecule has 1 heteroatoms. The standard InChI is InChI=1S/C16H20S/c1-6-7-8-14(3)16(4,5)17-15-11-9-13(2)10-12-15/h6-12H,1,3H2,2,4-5H3/b8-7-. The van der Waals surface area contributed by atoms with Crippen molar-refractivity contribution in [2.45, 2.75) is 30.4 Å². The summed E-state index contributed by atoms with van der Waals surface area (Å²) in [5.41, 5.74) is 2.39. The zero-order chi connectivity index (χ0) is 12.9. The molecule has 0 fully saturated rings. The van der Waals surface area contributed by atoms with Crippen molar-refractivity contribution in [1.82, 2.24) is 0 Å². The molecule has 0 radical (unpaired) electrons. The monoisotopic (exact) mass is 244 g/mol. The number of rotatable bonds is 5. The molecule has 0 unspecified atom stereocenters. The van der Waals surface area contributed by atoms with Crippen LogP contribution in [0.15, 0.2) is 66.1 Å². The van der Waals surface area contributed by atoms with Crippen LogP contribution in [0, 0.1) is 6.92 Å². The van der Waals surface area contributed by atoms with Gasteiger partial charge in [0.25, 0.3) is 0 Å². The quantitative estimate of drug-likeness (QED) is 0.509. The second-order valence-electron chi connectivity index (χ2n) is 4.55. The Labute approximate surface area is 109 Å². The molecular weight excluding hydrogens is 224 g/mol. The normalized spacial score (nSPS) is 11.7. The number of benzene rings is 1. The fraction of sp³-hybridized carbons (Fsp3) is 0.250. The van der Waals surface area contributed by atoms with E-state index < -0.39 is 0 Å². The molecule has 0 amide bonds. The van der Waals surface area contributed by atoms with Gasteiger partial charge in [-0.2, -0.15) is 0 Å². The molecule has 17 heavy (non-hydrogen) atoms.